The molecule has 1 spiro atoms. The molecule has 0 N–H and O–H groups in total. The van der Waals surface area contributed by atoms with Crippen LogP contribution in [0.3, 0.4) is 0 Å². The lowest BCUT2D eigenvalue weighted by atomic mass is 9.59. The molecule has 2 aliphatic rings. The molecule has 0 bridgehead atoms. The Kier molecular flexibility index (Phi) is 7.09. The monoisotopic (exact) mass is 577 g/mol. The fraction of sp³-hybridized carbons (Fsp3) is 0.135. The average molecular weight is 578 g/mol. The number of anilines is 1. The van der Waals surface area contributed by atoms with Gasteiger partial charge in [0.2, 0.25) is 5.91 Å². The van der Waals surface area contributed by atoms with Crippen LogP contribution in [0.4, 0.5) is 5.69 Å². The normalized spacial score (nSPS) is 20.1. The standard InChI is InChI=1S/C37H27N3O4/c1-3-43-34(41)25(2)37(29-20-18-26(22-38)19-21-29)36(31(23-39)33(44-37)28-14-8-5-9-15-28)30-16-10-11-17-32(30)40(35(36)42)24-27-12-6-4-7-13-27/h4-21H,2-3,24H2,1H3/t36-,37+/m1/s1. The maximum atomic E-state index is 15.3. The number of rotatable bonds is 7. The lowest BCUT2D eigenvalue weighted by molar-refractivity contribution is -0.143. The number of hydrogen-bond acceptors (Lipinski definition) is 6. The molecule has 44 heavy (non-hydrogen) atoms. The minimum Gasteiger partial charge on any atom is -0.474 e. The van der Waals surface area contributed by atoms with Crippen LogP contribution in [0.25, 0.3) is 5.76 Å². The Labute approximate surface area is 255 Å². The lowest BCUT2D eigenvalue weighted by Gasteiger charge is -2.42. The molecule has 0 saturated heterocycles. The number of hydrogen-bond donors (Lipinski definition) is 0. The molecule has 7 nitrogen and oxygen atoms in total. The fourth-order valence-electron chi connectivity index (χ4n) is 6.39. The number of benzene rings is 4. The summed E-state index contributed by atoms with van der Waals surface area (Å²) in [5.74, 6) is -1.05. The second kappa shape index (κ2) is 11.1. The maximum absolute atomic E-state index is 15.3. The van der Waals surface area contributed by atoms with E-state index in [2.05, 4.69) is 18.7 Å². The van der Waals surface area contributed by atoms with Crippen molar-refractivity contribution in [2.45, 2.75) is 24.5 Å². The number of esters is 1. The zero-order chi connectivity index (χ0) is 30.9. The van der Waals surface area contributed by atoms with Gasteiger partial charge in [-0.1, -0.05) is 97.6 Å². The first-order chi connectivity index (χ1) is 21.4. The summed E-state index contributed by atoms with van der Waals surface area (Å²) >= 11 is 0. The van der Waals surface area contributed by atoms with Gasteiger partial charge in [0.15, 0.2) is 11.0 Å². The van der Waals surface area contributed by atoms with Gasteiger partial charge >= 0.3 is 5.97 Å². The van der Waals surface area contributed by atoms with Crippen molar-refractivity contribution in [1.29, 1.82) is 10.5 Å². The van der Waals surface area contributed by atoms with E-state index in [1.165, 1.54) is 0 Å². The predicted molar refractivity (Wildman–Crippen MR) is 164 cm³/mol. The van der Waals surface area contributed by atoms with Gasteiger partial charge in [0.25, 0.3) is 0 Å². The van der Waals surface area contributed by atoms with Gasteiger partial charge in [-0.15, -0.1) is 0 Å². The van der Waals surface area contributed by atoms with Gasteiger partial charge in [-0.2, -0.15) is 10.5 Å². The number of ether oxygens (including phenoxy) is 2. The molecule has 0 aliphatic carbocycles. The molecule has 2 atom stereocenters. The van der Waals surface area contributed by atoms with Crippen LogP contribution in [0.5, 0.6) is 0 Å². The smallest absolute Gasteiger partial charge is 0.337 e. The zero-order valence-electron chi connectivity index (χ0n) is 24.0. The van der Waals surface area contributed by atoms with E-state index in [9.17, 15) is 15.3 Å². The predicted octanol–water partition coefficient (Wildman–Crippen LogP) is 6.32. The third kappa shape index (κ3) is 3.95. The summed E-state index contributed by atoms with van der Waals surface area (Å²) in [6, 6.07) is 36.7. The maximum Gasteiger partial charge on any atom is 0.337 e. The number of nitriles is 2. The van der Waals surface area contributed by atoms with Gasteiger partial charge in [0.1, 0.15) is 11.8 Å². The Hall–Kier alpha value is -5.92. The Morgan fingerprint density at radius 2 is 1.52 bits per heavy atom. The second-order valence-electron chi connectivity index (χ2n) is 10.5. The minimum atomic E-state index is -1.94. The van der Waals surface area contributed by atoms with Crippen LogP contribution in [-0.2, 0) is 36.6 Å². The van der Waals surface area contributed by atoms with E-state index >= 15 is 4.79 Å². The van der Waals surface area contributed by atoms with Gasteiger partial charge in [-0.25, -0.2) is 4.79 Å². The first kappa shape index (κ1) is 28.2. The van der Waals surface area contributed by atoms with Crippen molar-refractivity contribution in [3.8, 4) is 12.1 Å². The summed E-state index contributed by atoms with van der Waals surface area (Å²) < 4.78 is 12.4. The fourth-order valence-corrected chi connectivity index (χ4v) is 6.39. The van der Waals surface area contributed by atoms with E-state index in [4.69, 9.17) is 9.47 Å². The molecule has 214 valence electrons. The molecule has 2 aliphatic heterocycles. The number of para-hydroxylation sites is 1. The topological polar surface area (TPSA) is 103 Å². The molecule has 0 unspecified atom stereocenters. The van der Waals surface area contributed by atoms with Crippen molar-refractivity contribution in [1.82, 2.24) is 0 Å². The van der Waals surface area contributed by atoms with Crippen molar-refractivity contribution in [3.05, 3.63) is 155 Å². The van der Waals surface area contributed by atoms with Crippen LogP contribution in [0.2, 0.25) is 0 Å². The molecule has 2 heterocycles. The lowest BCUT2D eigenvalue weighted by Crippen LogP contribution is -2.56. The minimum absolute atomic E-state index is 0.0477. The molecule has 6 rings (SSSR count). The highest BCUT2D eigenvalue weighted by molar-refractivity contribution is 6.15. The van der Waals surface area contributed by atoms with Crippen molar-refractivity contribution in [3.63, 3.8) is 0 Å². The number of fused-ring (bicyclic) bond motifs is 2. The van der Waals surface area contributed by atoms with Gasteiger partial charge < -0.3 is 14.4 Å². The number of carbonyl (C=O) groups is 2. The Morgan fingerprint density at radius 1 is 0.886 bits per heavy atom. The van der Waals surface area contributed by atoms with Crippen LogP contribution in [0.15, 0.2) is 127 Å². The van der Waals surface area contributed by atoms with E-state index in [0.717, 1.165) is 5.56 Å². The quantitative estimate of drug-likeness (QED) is 0.188. The molecule has 0 radical (unpaired) electrons. The van der Waals surface area contributed by atoms with E-state index in [1.807, 2.05) is 48.5 Å². The first-order valence-electron chi connectivity index (χ1n) is 14.2. The summed E-state index contributed by atoms with van der Waals surface area (Å²) in [7, 11) is 0. The molecular formula is C37H27N3O4. The zero-order valence-corrected chi connectivity index (χ0v) is 24.0. The molecular weight excluding hydrogens is 550 g/mol. The van der Waals surface area contributed by atoms with E-state index in [0.29, 0.717) is 27.9 Å². The van der Waals surface area contributed by atoms with Gasteiger partial charge in [0, 0.05) is 22.4 Å². The third-order valence-corrected chi connectivity index (χ3v) is 8.25. The molecule has 7 heteroatoms. The van der Waals surface area contributed by atoms with Crippen LogP contribution >= 0.6 is 0 Å². The van der Waals surface area contributed by atoms with E-state index in [1.54, 1.807) is 72.5 Å². The highest BCUT2D eigenvalue weighted by Crippen LogP contribution is 2.66. The summed E-state index contributed by atoms with van der Waals surface area (Å²) in [5, 5.41) is 20.5. The van der Waals surface area contributed by atoms with Crippen LogP contribution < -0.4 is 4.90 Å². The van der Waals surface area contributed by atoms with Crippen molar-refractivity contribution < 1.29 is 19.1 Å². The number of amides is 1. The summed E-state index contributed by atoms with van der Waals surface area (Å²) in [5.41, 5.74) is -0.638. The van der Waals surface area contributed by atoms with Gasteiger partial charge in [-0.05, 0) is 30.7 Å². The van der Waals surface area contributed by atoms with E-state index in [-0.39, 0.29) is 30.1 Å². The van der Waals surface area contributed by atoms with Crippen molar-refractivity contribution in [2.24, 2.45) is 0 Å². The SMILES string of the molecule is C=C(C(=O)OCC)[C@@]1(c2ccc(C#N)cc2)OC(c2ccccc2)=C(C#N)[C@]12C(=O)N(Cc1ccccc1)c1ccccc12. The van der Waals surface area contributed by atoms with Gasteiger partial charge in [0.05, 0.1) is 35.9 Å². The molecule has 0 aromatic heterocycles. The van der Waals surface area contributed by atoms with Crippen molar-refractivity contribution in [2.75, 3.05) is 11.5 Å². The molecule has 4 aromatic rings. The molecule has 1 amide bonds. The first-order valence-corrected chi connectivity index (χ1v) is 14.2. The Balaban J connectivity index is 1.74. The van der Waals surface area contributed by atoms with Gasteiger partial charge in [-0.3, -0.25) is 4.79 Å². The summed E-state index contributed by atoms with van der Waals surface area (Å²) in [4.78, 5) is 30.7. The molecule has 0 fully saturated rings. The van der Waals surface area contributed by atoms with Crippen LogP contribution in [0.1, 0.15) is 34.7 Å². The number of carbonyl (C=O) groups excluding carboxylic acids is 2. The largest absolute Gasteiger partial charge is 0.474 e. The second-order valence-corrected chi connectivity index (χ2v) is 10.5. The Bertz CT molecular complexity index is 1900. The third-order valence-electron chi connectivity index (χ3n) is 8.25. The van der Waals surface area contributed by atoms with Crippen molar-refractivity contribution >= 4 is 23.3 Å². The van der Waals surface area contributed by atoms with E-state index < -0.39 is 22.9 Å². The Morgan fingerprint density at radius 3 is 2.16 bits per heavy atom. The highest BCUT2D eigenvalue weighted by Gasteiger charge is 2.74. The summed E-state index contributed by atoms with van der Waals surface area (Å²) in [6.45, 7) is 6.16. The molecule has 4 aromatic carbocycles. The average Bonchev–Trinajstić information content (AvgIpc) is 3.52. The van der Waals surface area contributed by atoms with Crippen LogP contribution in [-0.4, -0.2) is 18.5 Å². The van der Waals surface area contributed by atoms with Crippen LogP contribution in [0, 0.1) is 22.7 Å². The number of nitrogens with zero attached hydrogens (tertiary/aromatic N) is 3. The highest BCUT2D eigenvalue weighted by atomic mass is 16.5. The molecule has 0 saturated carbocycles. The summed E-state index contributed by atoms with van der Waals surface area (Å²) in [6.07, 6.45) is 0.